The fraction of sp³-hybridized carbons (Fsp3) is 0.500. The van der Waals surface area contributed by atoms with Crippen LogP contribution >= 0.6 is 0 Å². The lowest BCUT2D eigenvalue weighted by atomic mass is 9.86. The molecule has 0 amide bonds. The van der Waals surface area contributed by atoms with Gasteiger partial charge in [0.05, 0.1) is 6.61 Å². The van der Waals surface area contributed by atoms with Crippen molar-refractivity contribution in [3.63, 3.8) is 0 Å². The summed E-state index contributed by atoms with van der Waals surface area (Å²) in [7, 11) is 1.67. The zero-order valence-electron chi connectivity index (χ0n) is 11.4. The van der Waals surface area contributed by atoms with Crippen LogP contribution in [-0.4, -0.2) is 18.7 Å². The van der Waals surface area contributed by atoms with Crippen molar-refractivity contribution in [2.24, 2.45) is 0 Å². The largest absolute Gasteiger partial charge is 0.440 e. The summed E-state index contributed by atoms with van der Waals surface area (Å²) in [4.78, 5) is 4.46. The molecule has 1 aromatic carbocycles. The van der Waals surface area contributed by atoms with Crippen LogP contribution in [0, 0.1) is 0 Å². The first-order chi connectivity index (χ1) is 8.41. The minimum atomic E-state index is -0.0221. The quantitative estimate of drug-likeness (QED) is 0.848. The van der Waals surface area contributed by atoms with E-state index in [1.54, 1.807) is 7.11 Å². The number of oxazole rings is 1. The van der Waals surface area contributed by atoms with Gasteiger partial charge in [-0.3, -0.25) is 0 Å². The van der Waals surface area contributed by atoms with E-state index in [-0.39, 0.29) is 5.41 Å². The number of aromatic nitrogens is 1. The number of nitrogen functional groups attached to an aromatic ring is 1. The third-order valence-corrected chi connectivity index (χ3v) is 2.88. The van der Waals surface area contributed by atoms with Crippen LogP contribution in [0.15, 0.2) is 16.5 Å². The Balaban J connectivity index is 2.53. The summed E-state index contributed by atoms with van der Waals surface area (Å²) >= 11 is 0. The lowest BCUT2D eigenvalue weighted by molar-refractivity contribution is 0.195. The molecule has 0 spiro atoms. The monoisotopic (exact) mass is 248 g/mol. The third kappa shape index (κ3) is 2.48. The van der Waals surface area contributed by atoms with Gasteiger partial charge in [-0.2, -0.15) is 0 Å². The van der Waals surface area contributed by atoms with Crippen molar-refractivity contribution in [3.05, 3.63) is 23.6 Å². The summed E-state index contributed by atoms with van der Waals surface area (Å²) in [5.41, 5.74) is 9.38. The Bertz CT molecular complexity index is 553. The van der Waals surface area contributed by atoms with E-state index in [0.717, 1.165) is 22.4 Å². The maximum atomic E-state index is 5.92. The molecule has 18 heavy (non-hydrogen) atoms. The van der Waals surface area contributed by atoms with Crippen molar-refractivity contribution in [3.8, 4) is 0 Å². The number of ether oxygens (including phenoxy) is 1. The highest BCUT2D eigenvalue weighted by atomic mass is 16.5. The minimum absolute atomic E-state index is 0.0221. The number of rotatable bonds is 3. The Morgan fingerprint density at radius 3 is 2.67 bits per heavy atom. The highest BCUT2D eigenvalue weighted by Gasteiger charge is 2.21. The molecule has 2 rings (SSSR count). The van der Waals surface area contributed by atoms with Crippen molar-refractivity contribution in [2.75, 3.05) is 19.5 Å². The Hall–Kier alpha value is -1.55. The van der Waals surface area contributed by atoms with E-state index in [0.29, 0.717) is 18.9 Å². The van der Waals surface area contributed by atoms with Crippen molar-refractivity contribution in [1.29, 1.82) is 0 Å². The molecule has 0 atom stereocenters. The Labute approximate surface area is 107 Å². The van der Waals surface area contributed by atoms with E-state index < -0.39 is 0 Å². The molecule has 98 valence electrons. The van der Waals surface area contributed by atoms with Crippen LogP contribution in [0.25, 0.3) is 11.1 Å². The van der Waals surface area contributed by atoms with Crippen molar-refractivity contribution in [2.45, 2.75) is 32.6 Å². The number of benzene rings is 1. The number of hydrogen-bond acceptors (Lipinski definition) is 4. The molecule has 0 aliphatic rings. The van der Waals surface area contributed by atoms with E-state index in [1.807, 2.05) is 12.1 Å². The van der Waals surface area contributed by atoms with Gasteiger partial charge in [0.15, 0.2) is 11.5 Å². The van der Waals surface area contributed by atoms with Crippen LogP contribution in [0.1, 0.15) is 32.2 Å². The van der Waals surface area contributed by atoms with Gasteiger partial charge in [0, 0.05) is 24.8 Å². The van der Waals surface area contributed by atoms with Crippen molar-refractivity contribution >= 4 is 16.8 Å². The SMILES string of the molecule is COCCc1nc2cc(N)cc(C(C)(C)C)c2o1. The van der Waals surface area contributed by atoms with E-state index in [9.17, 15) is 0 Å². The van der Waals surface area contributed by atoms with Gasteiger partial charge in [0.25, 0.3) is 0 Å². The topological polar surface area (TPSA) is 61.3 Å². The van der Waals surface area contributed by atoms with E-state index >= 15 is 0 Å². The van der Waals surface area contributed by atoms with Crippen LogP contribution in [0.3, 0.4) is 0 Å². The Morgan fingerprint density at radius 1 is 1.33 bits per heavy atom. The summed E-state index contributed by atoms with van der Waals surface area (Å²) < 4.78 is 10.9. The molecule has 2 N–H and O–H groups in total. The number of nitrogens with two attached hydrogens (primary N) is 1. The Morgan fingerprint density at radius 2 is 2.06 bits per heavy atom. The van der Waals surface area contributed by atoms with Gasteiger partial charge in [0.1, 0.15) is 5.52 Å². The zero-order chi connectivity index (χ0) is 13.3. The van der Waals surface area contributed by atoms with Crippen molar-refractivity contribution < 1.29 is 9.15 Å². The number of hydrogen-bond donors (Lipinski definition) is 1. The second-order valence-electron chi connectivity index (χ2n) is 5.52. The van der Waals surface area contributed by atoms with E-state index in [1.165, 1.54) is 0 Å². The lowest BCUT2D eigenvalue weighted by Crippen LogP contribution is -2.11. The predicted octanol–water partition coefficient (Wildman–Crippen LogP) is 2.90. The summed E-state index contributed by atoms with van der Waals surface area (Å²) in [6.45, 7) is 7.02. The maximum absolute atomic E-state index is 5.92. The average Bonchev–Trinajstić information content (AvgIpc) is 2.66. The van der Waals surface area contributed by atoms with Gasteiger partial charge in [-0.05, 0) is 17.5 Å². The van der Waals surface area contributed by atoms with Crippen LogP contribution in [0.5, 0.6) is 0 Å². The van der Waals surface area contributed by atoms with Gasteiger partial charge < -0.3 is 14.9 Å². The second kappa shape index (κ2) is 4.61. The van der Waals surface area contributed by atoms with Gasteiger partial charge in [0.2, 0.25) is 0 Å². The molecule has 0 saturated carbocycles. The number of nitrogens with zero attached hydrogens (tertiary/aromatic N) is 1. The summed E-state index contributed by atoms with van der Waals surface area (Å²) in [5, 5.41) is 0. The third-order valence-electron chi connectivity index (χ3n) is 2.88. The molecular weight excluding hydrogens is 228 g/mol. The second-order valence-corrected chi connectivity index (χ2v) is 5.52. The first kappa shape index (κ1) is 12.9. The highest BCUT2D eigenvalue weighted by Crippen LogP contribution is 2.32. The summed E-state index contributed by atoms with van der Waals surface area (Å²) in [6, 6.07) is 3.82. The molecule has 0 unspecified atom stereocenters. The lowest BCUT2D eigenvalue weighted by Gasteiger charge is -2.19. The molecule has 0 bridgehead atoms. The summed E-state index contributed by atoms with van der Waals surface area (Å²) in [6.07, 6.45) is 0.675. The molecule has 1 aromatic heterocycles. The maximum Gasteiger partial charge on any atom is 0.197 e. The fourth-order valence-electron chi connectivity index (χ4n) is 1.95. The van der Waals surface area contributed by atoms with Gasteiger partial charge in [-0.15, -0.1) is 0 Å². The molecule has 0 aliphatic heterocycles. The predicted molar refractivity (Wildman–Crippen MR) is 72.7 cm³/mol. The van der Waals surface area contributed by atoms with E-state index in [4.69, 9.17) is 14.9 Å². The molecule has 1 heterocycles. The van der Waals surface area contributed by atoms with Gasteiger partial charge in [-0.1, -0.05) is 20.8 Å². The first-order valence-corrected chi connectivity index (χ1v) is 6.10. The molecule has 0 fully saturated rings. The number of anilines is 1. The van der Waals surface area contributed by atoms with E-state index in [2.05, 4.69) is 25.8 Å². The molecule has 4 heteroatoms. The molecule has 0 radical (unpaired) electrons. The molecular formula is C14H20N2O2. The summed E-state index contributed by atoms with van der Waals surface area (Å²) in [5.74, 6) is 0.697. The smallest absolute Gasteiger partial charge is 0.197 e. The number of fused-ring (bicyclic) bond motifs is 1. The fourth-order valence-corrected chi connectivity index (χ4v) is 1.95. The Kier molecular flexibility index (Phi) is 3.30. The zero-order valence-corrected chi connectivity index (χ0v) is 11.4. The normalized spacial score (nSPS) is 12.2. The standard InChI is InChI=1S/C14H20N2O2/c1-14(2,3)10-7-9(15)8-11-13(10)18-12(16-11)5-6-17-4/h7-8H,5-6,15H2,1-4H3. The minimum Gasteiger partial charge on any atom is -0.440 e. The molecule has 2 aromatic rings. The first-order valence-electron chi connectivity index (χ1n) is 6.10. The molecule has 0 saturated heterocycles. The molecule has 4 nitrogen and oxygen atoms in total. The van der Waals surface area contributed by atoms with Crippen LogP contribution in [-0.2, 0) is 16.6 Å². The van der Waals surface area contributed by atoms with Crippen molar-refractivity contribution in [1.82, 2.24) is 4.98 Å². The average molecular weight is 248 g/mol. The van der Waals surface area contributed by atoms with Crippen LogP contribution in [0.4, 0.5) is 5.69 Å². The van der Waals surface area contributed by atoms with Crippen LogP contribution < -0.4 is 5.73 Å². The van der Waals surface area contributed by atoms with Crippen LogP contribution in [0.2, 0.25) is 0 Å². The van der Waals surface area contributed by atoms with Gasteiger partial charge >= 0.3 is 0 Å². The molecule has 0 aliphatic carbocycles. The number of methoxy groups -OCH3 is 1. The van der Waals surface area contributed by atoms with Gasteiger partial charge in [-0.25, -0.2) is 4.98 Å². The highest BCUT2D eigenvalue weighted by molar-refractivity contribution is 5.81.